The smallest absolute Gasteiger partial charge is 0.235 e. The lowest BCUT2D eigenvalue weighted by Gasteiger charge is -2.16. The number of likely N-dealkylation sites (tertiary alicyclic amines) is 1. The lowest BCUT2D eigenvalue weighted by Crippen LogP contribution is -2.32. The van der Waals surface area contributed by atoms with Crippen molar-refractivity contribution in [2.24, 2.45) is 0 Å². The van der Waals surface area contributed by atoms with Gasteiger partial charge in [0.15, 0.2) is 0 Å². The fourth-order valence-electron chi connectivity index (χ4n) is 1.19. The van der Waals surface area contributed by atoms with Gasteiger partial charge in [-0.2, -0.15) is 0 Å². The maximum atomic E-state index is 11.3. The molecule has 1 unspecified atom stereocenters. The molecule has 0 radical (unpaired) electrons. The van der Waals surface area contributed by atoms with Gasteiger partial charge >= 0.3 is 0 Å². The minimum absolute atomic E-state index is 0.149. The van der Waals surface area contributed by atoms with Crippen molar-refractivity contribution in [1.29, 1.82) is 0 Å². The van der Waals surface area contributed by atoms with Crippen LogP contribution in [0.25, 0.3) is 0 Å². The zero-order valence-electron chi connectivity index (χ0n) is 6.14. The molecule has 1 saturated heterocycles. The van der Waals surface area contributed by atoms with E-state index in [1.807, 2.05) is 11.8 Å². The van der Waals surface area contributed by atoms with Gasteiger partial charge in [0.05, 0.1) is 3.92 Å². The van der Waals surface area contributed by atoms with Gasteiger partial charge in [-0.3, -0.25) is 4.79 Å². The maximum Gasteiger partial charge on any atom is 0.235 e. The molecule has 0 aromatic heterocycles. The first-order valence-electron chi connectivity index (χ1n) is 3.64. The highest BCUT2D eigenvalue weighted by Gasteiger charge is 2.20. The summed E-state index contributed by atoms with van der Waals surface area (Å²) in [6, 6.07) is 0. The number of carbonyl (C=O) groups excluding carboxylic acids is 1. The summed E-state index contributed by atoms with van der Waals surface area (Å²) in [5.74, 6) is 0.304. The minimum atomic E-state index is 0.149. The Morgan fingerprint density at radius 3 is 2.40 bits per heavy atom. The maximum absolute atomic E-state index is 11.3. The van der Waals surface area contributed by atoms with Gasteiger partial charge in [-0.1, -0.05) is 22.6 Å². The molecule has 1 rings (SSSR count). The van der Waals surface area contributed by atoms with Gasteiger partial charge < -0.3 is 4.90 Å². The molecule has 1 amide bonds. The van der Waals surface area contributed by atoms with E-state index >= 15 is 0 Å². The normalized spacial score (nSPS) is 21.2. The van der Waals surface area contributed by atoms with Crippen LogP contribution in [0, 0.1) is 0 Å². The zero-order valence-corrected chi connectivity index (χ0v) is 8.30. The third-order valence-electron chi connectivity index (χ3n) is 1.76. The van der Waals surface area contributed by atoms with Crippen molar-refractivity contribution in [3.63, 3.8) is 0 Å². The van der Waals surface area contributed by atoms with Crippen LogP contribution < -0.4 is 0 Å². The van der Waals surface area contributed by atoms with E-state index < -0.39 is 0 Å². The fourth-order valence-corrected chi connectivity index (χ4v) is 1.58. The van der Waals surface area contributed by atoms with Gasteiger partial charge in [0.25, 0.3) is 0 Å². The number of halogens is 1. The number of hydrogen-bond acceptors (Lipinski definition) is 1. The van der Waals surface area contributed by atoms with E-state index in [2.05, 4.69) is 22.6 Å². The van der Waals surface area contributed by atoms with Gasteiger partial charge in [-0.15, -0.1) is 0 Å². The highest BCUT2D eigenvalue weighted by atomic mass is 127. The summed E-state index contributed by atoms with van der Waals surface area (Å²) in [6.07, 6.45) is 2.38. The molecule has 1 heterocycles. The number of alkyl halides is 1. The van der Waals surface area contributed by atoms with Crippen LogP contribution >= 0.6 is 22.6 Å². The zero-order chi connectivity index (χ0) is 7.56. The monoisotopic (exact) mass is 253 g/mol. The number of carbonyl (C=O) groups is 1. The number of amides is 1. The van der Waals surface area contributed by atoms with Crippen LogP contribution in [-0.2, 0) is 4.79 Å². The van der Waals surface area contributed by atoms with Crippen molar-refractivity contribution >= 4 is 28.5 Å². The van der Waals surface area contributed by atoms with Crippen molar-refractivity contribution in [3.05, 3.63) is 0 Å². The summed E-state index contributed by atoms with van der Waals surface area (Å²) >= 11 is 2.17. The highest BCUT2D eigenvalue weighted by molar-refractivity contribution is 14.1. The molecule has 1 aliphatic heterocycles. The Hall–Kier alpha value is 0.200. The second-order valence-electron chi connectivity index (χ2n) is 2.65. The van der Waals surface area contributed by atoms with E-state index in [-0.39, 0.29) is 3.92 Å². The molecule has 0 bridgehead atoms. The predicted molar refractivity (Wildman–Crippen MR) is 49.3 cm³/mol. The van der Waals surface area contributed by atoms with Crippen molar-refractivity contribution in [3.8, 4) is 0 Å². The Balaban J connectivity index is 2.40. The summed E-state index contributed by atoms with van der Waals surface area (Å²) in [4.78, 5) is 13.2. The molecular formula is C7H12INO. The molecule has 0 aliphatic carbocycles. The van der Waals surface area contributed by atoms with Crippen LogP contribution in [0.1, 0.15) is 19.8 Å². The molecule has 10 heavy (non-hydrogen) atoms. The Morgan fingerprint density at radius 2 is 2.00 bits per heavy atom. The Bertz CT molecular complexity index is 130. The molecule has 0 N–H and O–H groups in total. The van der Waals surface area contributed by atoms with Crippen LogP contribution in [0.3, 0.4) is 0 Å². The van der Waals surface area contributed by atoms with Crippen LogP contribution in [0.5, 0.6) is 0 Å². The number of hydrogen-bond donors (Lipinski definition) is 0. The lowest BCUT2D eigenvalue weighted by atomic mass is 10.4. The molecule has 0 aromatic carbocycles. The standard InChI is InChI=1S/C7H12INO/c1-6(8)7(10)9-4-2-3-5-9/h6H,2-5H2,1H3. The molecule has 2 nitrogen and oxygen atoms in total. The first kappa shape index (κ1) is 8.30. The molecule has 0 saturated carbocycles. The van der Waals surface area contributed by atoms with Crippen molar-refractivity contribution < 1.29 is 4.79 Å². The summed E-state index contributed by atoms with van der Waals surface area (Å²) in [5.41, 5.74) is 0. The Kier molecular flexibility index (Phi) is 2.95. The topological polar surface area (TPSA) is 20.3 Å². The largest absolute Gasteiger partial charge is 0.342 e. The molecule has 1 fully saturated rings. The first-order valence-corrected chi connectivity index (χ1v) is 4.89. The molecule has 58 valence electrons. The second-order valence-corrected chi connectivity index (χ2v) is 4.52. The van der Waals surface area contributed by atoms with Gasteiger partial charge in [0.1, 0.15) is 0 Å². The third-order valence-corrected chi connectivity index (χ3v) is 2.29. The van der Waals surface area contributed by atoms with E-state index in [1.165, 1.54) is 12.8 Å². The molecule has 0 aromatic rings. The van der Waals surface area contributed by atoms with Gasteiger partial charge in [-0.05, 0) is 19.8 Å². The average molecular weight is 253 g/mol. The van der Waals surface area contributed by atoms with Crippen LogP contribution in [0.4, 0.5) is 0 Å². The molecule has 1 atom stereocenters. The van der Waals surface area contributed by atoms with E-state index in [9.17, 15) is 4.79 Å². The molecule has 0 spiro atoms. The van der Waals surface area contributed by atoms with E-state index in [1.54, 1.807) is 0 Å². The van der Waals surface area contributed by atoms with Gasteiger partial charge in [-0.25, -0.2) is 0 Å². The van der Waals surface area contributed by atoms with E-state index in [0.717, 1.165) is 13.1 Å². The van der Waals surface area contributed by atoms with Crippen LogP contribution in [-0.4, -0.2) is 27.8 Å². The van der Waals surface area contributed by atoms with Crippen molar-refractivity contribution in [2.45, 2.75) is 23.7 Å². The average Bonchev–Trinajstić information content (AvgIpc) is 2.36. The van der Waals surface area contributed by atoms with Gasteiger partial charge in [0.2, 0.25) is 5.91 Å². The number of nitrogens with zero attached hydrogens (tertiary/aromatic N) is 1. The highest BCUT2D eigenvalue weighted by Crippen LogP contribution is 2.12. The van der Waals surface area contributed by atoms with Crippen molar-refractivity contribution in [2.75, 3.05) is 13.1 Å². The third kappa shape index (κ3) is 1.84. The quantitative estimate of drug-likeness (QED) is 0.511. The van der Waals surface area contributed by atoms with E-state index in [4.69, 9.17) is 0 Å². The molecule has 1 aliphatic rings. The summed E-state index contributed by atoms with van der Waals surface area (Å²) < 4.78 is 0.149. The first-order chi connectivity index (χ1) is 4.72. The van der Waals surface area contributed by atoms with E-state index in [0.29, 0.717) is 5.91 Å². The van der Waals surface area contributed by atoms with Crippen LogP contribution in [0.15, 0.2) is 0 Å². The lowest BCUT2D eigenvalue weighted by molar-refractivity contribution is -0.128. The minimum Gasteiger partial charge on any atom is -0.342 e. The Labute approximate surface area is 75.1 Å². The summed E-state index contributed by atoms with van der Waals surface area (Å²) in [6.45, 7) is 3.90. The summed E-state index contributed by atoms with van der Waals surface area (Å²) in [7, 11) is 0. The SMILES string of the molecule is CC(I)C(=O)N1CCCC1. The van der Waals surface area contributed by atoms with Gasteiger partial charge in [0, 0.05) is 13.1 Å². The summed E-state index contributed by atoms with van der Waals surface area (Å²) in [5, 5.41) is 0. The number of rotatable bonds is 1. The predicted octanol–water partition coefficient (Wildman–Crippen LogP) is 1.43. The fraction of sp³-hybridized carbons (Fsp3) is 0.857. The second kappa shape index (κ2) is 3.55. The van der Waals surface area contributed by atoms with Crippen LogP contribution in [0.2, 0.25) is 0 Å². The van der Waals surface area contributed by atoms with Crippen molar-refractivity contribution in [1.82, 2.24) is 4.90 Å². The molecule has 3 heteroatoms. The molecular weight excluding hydrogens is 241 g/mol. The Morgan fingerprint density at radius 1 is 1.50 bits per heavy atom.